The first-order valence-corrected chi connectivity index (χ1v) is 14.5. The molecule has 0 atom stereocenters. The van der Waals surface area contributed by atoms with Gasteiger partial charge in [0.1, 0.15) is 0 Å². The lowest BCUT2D eigenvalue weighted by Gasteiger charge is -2.07. The molecule has 0 saturated heterocycles. The summed E-state index contributed by atoms with van der Waals surface area (Å²) in [6, 6.07) is 28.5. The second-order valence-corrected chi connectivity index (χ2v) is 11.3. The molecule has 0 aliphatic rings. The summed E-state index contributed by atoms with van der Waals surface area (Å²) in [5, 5.41) is 23.2. The lowest BCUT2D eigenvalue weighted by Crippen LogP contribution is -2.04. The molecule has 48 heavy (non-hydrogen) atoms. The fourth-order valence-corrected chi connectivity index (χ4v) is 5.89. The van der Waals surface area contributed by atoms with E-state index in [1.54, 1.807) is 12.2 Å². The van der Waals surface area contributed by atoms with Gasteiger partial charge in [0, 0.05) is 43.6 Å². The van der Waals surface area contributed by atoms with Crippen LogP contribution in [0.1, 0.15) is 33.4 Å². The van der Waals surface area contributed by atoms with Crippen LogP contribution in [-0.2, 0) is 12.4 Å². The van der Waals surface area contributed by atoms with Gasteiger partial charge in [0.05, 0.1) is 34.4 Å². The zero-order valence-electron chi connectivity index (χ0n) is 24.6. The van der Waals surface area contributed by atoms with Crippen LogP contribution < -0.4 is 0 Å². The van der Waals surface area contributed by atoms with Crippen molar-refractivity contribution in [2.45, 2.75) is 12.4 Å². The highest BCUT2D eigenvalue weighted by molar-refractivity contribution is 6.17. The Morgan fingerprint density at radius 3 is 1.17 bits per heavy atom. The van der Waals surface area contributed by atoms with E-state index in [0.717, 1.165) is 67.9 Å². The number of hydrogen-bond donors (Lipinski definition) is 2. The van der Waals surface area contributed by atoms with Crippen LogP contribution in [-0.4, -0.2) is 9.97 Å². The first-order chi connectivity index (χ1) is 22.9. The van der Waals surface area contributed by atoms with Crippen molar-refractivity contribution < 1.29 is 26.3 Å². The number of hydrogen-bond acceptors (Lipinski definition) is 2. The number of nitrogens with zero attached hydrogens (tertiary/aromatic N) is 2. The van der Waals surface area contributed by atoms with Gasteiger partial charge in [-0.25, -0.2) is 0 Å². The molecule has 0 aliphatic carbocycles. The van der Waals surface area contributed by atoms with Crippen molar-refractivity contribution in [3.8, 4) is 12.1 Å². The van der Waals surface area contributed by atoms with E-state index in [2.05, 4.69) is 22.1 Å². The van der Waals surface area contributed by atoms with Crippen molar-refractivity contribution in [2.24, 2.45) is 0 Å². The zero-order chi connectivity index (χ0) is 33.8. The quantitative estimate of drug-likeness (QED) is 0.113. The molecule has 2 N–H and O–H groups in total. The molecule has 5 aromatic carbocycles. The number of nitrogens with one attached hydrogen (secondary N) is 2. The molecule has 0 radical (unpaired) electrons. The zero-order valence-corrected chi connectivity index (χ0v) is 24.6. The van der Waals surface area contributed by atoms with Crippen molar-refractivity contribution in [1.82, 2.24) is 9.97 Å². The summed E-state index contributed by atoms with van der Waals surface area (Å²) in [6.45, 7) is 0. The van der Waals surface area contributed by atoms with Gasteiger partial charge in [-0.2, -0.15) is 36.9 Å². The van der Waals surface area contributed by atoms with Crippen molar-refractivity contribution >= 4 is 66.9 Å². The number of fused-ring (bicyclic) bond motifs is 6. The summed E-state index contributed by atoms with van der Waals surface area (Å²) >= 11 is 0. The third kappa shape index (κ3) is 5.54. The van der Waals surface area contributed by atoms with Gasteiger partial charge in [-0.05, 0) is 82.9 Å². The maximum atomic E-state index is 13.0. The predicted molar refractivity (Wildman–Crippen MR) is 175 cm³/mol. The number of alkyl halides is 6. The van der Waals surface area contributed by atoms with Crippen LogP contribution in [0.4, 0.5) is 26.3 Å². The monoisotopic (exact) mass is 646 g/mol. The summed E-state index contributed by atoms with van der Waals surface area (Å²) in [5.74, 6) is 0. The summed E-state index contributed by atoms with van der Waals surface area (Å²) in [6.07, 6.45) is -5.66. The Hall–Kier alpha value is -6.26. The first kappa shape index (κ1) is 30.4. The van der Waals surface area contributed by atoms with E-state index in [-0.39, 0.29) is 11.1 Å². The molecule has 0 bridgehead atoms. The summed E-state index contributed by atoms with van der Waals surface area (Å²) in [5.41, 5.74) is 4.45. The maximum absolute atomic E-state index is 13.0. The van der Waals surface area contributed by atoms with E-state index < -0.39 is 23.5 Å². The number of aromatic amines is 2. The van der Waals surface area contributed by atoms with Crippen LogP contribution in [0.3, 0.4) is 0 Å². The average molecular weight is 647 g/mol. The minimum atomic E-state index is -4.46. The molecular weight excluding hydrogens is 626 g/mol. The number of halogens is 6. The fourth-order valence-electron chi connectivity index (χ4n) is 5.89. The average Bonchev–Trinajstić information content (AvgIpc) is 3.60. The van der Waals surface area contributed by atoms with Crippen molar-refractivity contribution in [3.63, 3.8) is 0 Å². The normalized spacial score (nSPS) is 13.0. The van der Waals surface area contributed by atoms with Crippen molar-refractivity contribution in [2.75, 3.05) is 0 Å². The van der Waals surface area contributed by atoms with Crippen molar-refractivity contribution in [1.29, 1.82) is 10.5 Å². The Morgan fingerprint density at radius 2 is 0.833 bits per heavy atom. The van der Waals surface area contributed by atoms with Gasteiger partial charge < -0.3 is 9.97 Å². The molecule has 4 nitrogen and oxygen atoms in total. The molecule has 0 spiro atoms. The van der Waals surface area contributed by atoms with E-state index in [4.69, 9.17) is 0 Å². The van der Waals surface area contributed by atoms with E-state index >= 15 is 0 Å². The molecule has 7 aromatic rings. The molecule has 0 aliphatic heterocycles. The molecule has 10 heteroatoms. The maximum Gasteiger partial charge on any atom is 0.416 e. The summed E-state index contributed by atoms with van der Waals surface area (Å²) in [4.78, 5) is 6.86. The van der Waals surface area contributed by atoms with Gasteiger partial charge in [0.2, 0.25) is 0 Å². The molecule has 0 saturated carbocycles. The lowest BCUT2D eigenvalue weighted by atomic mass is 10.0. The SMILES string of the molecule is N#C/C(=C\c1ccc2c(c1)[nH]c1cc3c(cc12)[nH]c1cc(/C=C(\C#N)c2ccc(C(F)(F)F)cc2)ccc13)c1ccc(C(F)(F)F)cc1. The van der Waals surface area contributed by atoms with Gasteiger partial charge in [-0.15, -0.1) is 0 Å². The second-order valence-electron chi connectivity index (χ2n) is 11.3. The first-order valence-electron chi connectivity index (χ1n) is 14.5. The Bertz CT molecular complexity index is 2350. The van der Waals surface area contributed by atoms with Crippen molar-refractivity contribution in [3.05, 3.63) is 130 Å². The predicted octanol–water partition coefficient (Wildman–Crippen LogP) is 11.1. The topological polar surface area (TPSA) is 79.2 Å². The summed E-state index contributed by atoms with van der Waals surface area (Å²) < 4.78 is 77.8. The number of nitriles is 2. The van der Waals surface area contributed by atoms with E-state index in [9.17, 15) is 36.9 Å². The van der Waals surface area contributed by atoms with Crippen LogP contribution in [0.2, 0.25) is 0 Å². The minimum absolute atomic E-state index is 0.231. The van der Waals surface area contributed by atoms with Gasteiger partial charge in [-0.1, -0.05) is 48.5 Å². The smallest absolute Gasteiger partial charge is 0.354 e. The Balaban J connectivity index is 1.22. The van der Waals surface area contributed by atoms with Crippen LogP contribution in [0.5, 0.6) is 0 Å². The molecule has 0 fully saturated rings. The Kier molecular flexibility index (Phi) is 7.10. The largest absolute Gasteiger partial charge is 0.416 e. The molecule has 2 aromatic heterocycles. The molecular formula is C38H20F6N4. The number of allylic oxidation sites excluding steroid dienone is 2. The highest BCUT2D eigenvalue weighted by Gasteiger charge is 2.31. The molecule has 7 rings (SSSR count). The van der Waals surface area contributed by atoms with E-state index in [0.29, 0.717) is 22.3 Å². The summed E-state index contributed by atoms with van der Waals surface area (Å²) in [7, 11) is 0. The number of aromatic nitrogens is 2. The van der Waals surface area contributed by atoms with Gasteiger partial charge in [0.15, 0.2) is 0 Å². The third-order valence-electron chi connectivity index (χ3n) is 8.27. The minimum Gasteiger partial charge on any atom is -0.354 e. The lowest BCUT2D eigenvalue weighted by molar-refractivity contribution is -0.138. The van der Waals surface area contributed by atoms with E-state index in [1.165, 1.54) is 24.3 Å². The van der Waals surface area contributed by atoms with Crippen LogP contribution in [0.15, 0.2) is 97.1 Å². The molecule has 0 amide bonds. The van der Waals surface area contributed by atoms with Crippen LogP contribution in [0.25, 0.3) is 66.9 Å². The number of H-pyrrole nitrogens is 2. The number of rotatable bonds is 4. The second kappa shape index (κ2) is 11.2. The number of benzene rings is 5. The highest BCUT2D eigenvalue weighted by atomic mass is 19.4. The molecule has 234 valence electrons. The van der Waals surface area contributed by atoms with E-state index in [1.807, 2.05) is 48.5 Å². The third-order valence-corrected chi connectivity index (χ3v) is 8.27. The van der Waals surface area contributed by atoms with Gasteiger partial charge in [0.25, 0.3) is 0 Å². The highest BCUT2D eigenvalue weighted by Crippen LogP contribution is 2.36. The Labute approximate surface area is 268 Å². The Morgan fingerprint density at radius 1 is 0.479 bits per heavy atom. The van der Waals surface area contributed by atoms with Gasteiger partial charge in [-0.3, -0.25) is 0 Å². The fraction of sp³-hybridized carbons (Fsp3) is 0.0526. The molecule has 0 unspecified atom stereocenters. The van der Waals surface area contributed by atoms with Crippen LogP contribution in [0, 0.1) is 22.7 Å². The molecule has 2 heterocycles. The van der Waals surface area contributed by atoms with Crippen LogP contribution >= 0.6 is 0 Å². The van der Waals surface area contributed by atoms with Gasteiger partial charge >= 0.3 is 12.4 Å². The standard InChI is InChI=1S/C38H20F6N4/c39-37(40,41)27-7-3-23(4-8-27)25(19-45)13-21-1-11-29-31-17-36-32(18-35(31)47-33(29)15-21)30-12-2-22(16-34(30)48-36)14-26(20-46)24-5-9-28(10-6-24)38(42,43)44/h1-18,47-48H/b25-13+,26-14+.